The molecular formula is C22H25NO4S. The number of thioether (sulfide) groups is 1. The van der Waals surface area contributed by atoms with Crippen molar-refractivity contribution >= 4 is 29.7 Å². The van der Waals surface area contributed by atoms with Crippen LogP contribution in [0.5, 0.6) is 5.75 Å². The van der Waals surface area contributed by atoms with Crippen LogP contribution in [0.25, 0.3) is 6.08 Å². The van der Waals surface area contributed by atoms with Gasteiger partial charge >= 0.3 is 5.97 Å². The molecule has 0 radical (unpaired) electrons. The van der Waals surface area contributed by atoms with E-state index in [2.05, 4.69) is 17.4 Å². The van der Waals surface area contributed by atoms with Gasteiger partial charge in [0.25, 0.3) is 5.91 Å². The van der Waals surface area contributed by atoms with E-state index in [1.165, 1.54) is 11.6 Å². The Balaban J connectivity index is 1.57. The maximum Gasteiger partial charge on any atom is 0.331 e. The molecule has 0 aliphatic heterocycles. The number of rotatable bonds is 11. The van der Waals surface area contributed by atoms with Crippen LogP contribution in [0.4, 0.5) is 0 Å². The van der Waals surface area contributed by atoms with Crippen molar-refractivity contribution in [3.8, 4) is 5.75 Å². The third-order valence-corrected chi connectivity index (χ3v) is 4.66. The Morgan fingerprint density at radius 3 is 2.54 bits per heavy atom. The first kappa shape index (κ1) is 21.6. The zero-order chi connectivity index (χ0) is 20.0. The highest BCUT2D eigenvalue weighted by atomic mass is 32.2. The monoisotopic (exact) mass is 399 g/mol. The number of hydrogen-bond donors (Lipinski definition) is 1. The number of esters is 1. The largest absolute Gasteiger partial charge is 0.494 e. The van der Waals surface area contributed by atoms with Gasteiger partial charge in [0.15, 0.2) is 6.61 Å². The first-order valence-electron chi connectivity index (χ1n) is 9.13. The van der Waals surface area contributed by atoms with E-state index in [0.717, 1.165) is 22.8 Å². The molecule has 0 saturated heterocycles. The molecular weight excluding hydrogens is 374 g/mol. The van der Waals surface area contributed by atoms with E-state index >= 15 is 0 Å². The van der Waals surface area contributed by atoms with Crippen LogP contribution in [-0.4, -0.2) is 37.4 Å². The number of carbonyl (C=O) groups excluding carboxylic acids is 2. The normalized spacial score (nSPS) is 10.6. The molecule has 0 saturated carbocycles. The number of carbonyl (C=O) groups is 2. The van der Waals surface area contributed by atoms with Crippen molar-refractivity contribution in [1.82, 2.24) is 5.32 Å². The van der Waals surface area contributed by atoms with Gasteiger partial charge in [0.1, 0.15) is 5.75 Å². The lowest BCUT2D eigenvalue weighted by molar-refractivity contribution is -0.143. The van der Waals surface area contributed by atoms with Crippen molar-refractivity contribution in [1.29, 1.82) is 0 Å². The summed E-state index contributed by atoms with van der Waals surface area (Å²) in [6.45, 7) is 2.78. The number of amides is 1. The molecule has 0 spiro atoms. The zero-order valence-electron chi connectivity index (χ0n) is 15.9. The second-order valence-corrected chi connectivity index (χ2v) is 6.94. The second kappa shape index (κ2) is 12.6. The van der Waals surface area contributed by atoms with Crippen molar-refractivity contribution in [2.75, 3.05) is 25.5 Å². The Bertz CT molecular complexity index is 760. The van der Waals surface area contributed by atoms with Crippen molar-refractivity contribution in [3.05, 3.63) is 71.8 Å². The Labute approximate surface area is 170 Å². The Morgan fingerprint density at radius 2 is 1.82 bits per heavy atom. The lowest BCUT2D eigenvalue weighted by atomic mass is 10.2. The van der Waals surface area contributed by atoms with Crippen molar-refractivity contribution in [2.24, 2.45) is 0 Å². The maximum atomic E-state index is 11.7. The molecule has 2 aromatic carbocycles. The molecule has 2 rings (SSSR count). The summed E-state index contributed by atoms with van der Waals surface area (Å²) in [5.74, 6) is 1.63. The summed E-state index contributed by atoms with van der Waals surface area (Å²) >= 11 is 1.74. The summed E-state index contributed by atoms with van der Waals surface area (Å²) in [5.41, 5.74) is 2.10. The van der Waals surface area contributed by atoms with Crippen molar-refractivity contribution < 1.29 is 19.1 Å². The van der Waals surface area contributed by atoms with Crippen molar-refractivity contribution in [2.45, 2.75) is 12.7 Å². The van der Waals surface area contributed by atoms with E-state index in [1.807, 2.05) is 49.4 Å². The summed E-state index contributed by atoms with van der Waals surface area (Å²) in [7, 11) is 0. The Kier molecular flexibility index (Phi) is 9.72. The average molecular weight is 400 g/mol. The molecule has 28 heavy (non-hydrogen) atoms. The van der Waals surface area contributed by atoms with Gasteiger partial charge < -0.3 is 14.8 Å². The molecule has 0 fully saturated rings. The second-order valence-electron chi connectivity index (χ2n) is 5.83. The molecule has 0 aliphatic carbocycles. The van der Waals surface area contributed by atoms with Crippen LogP contribution in [0.15, 0.2) is 60.7 Å². The highest BCUT2D eigenvalue weighted by molar-refractivity contribution is 7.98. The van der Waals surface area contributed by atoms with Crippen LogP contribution in [-0.2, 0) is 20.1 Å². The first-order chi connectivity index (χ1) is 13.7. The number of hydrogen-bond acceptors (Lipinski definition) is 5. The van der Waals surface area contributed by atoms with Crippen LogP contribution >= 0.6 is 11.8 Å². The molecule has 0 heterocycles. The Morgan fingerprint density at radius 1 is 1.07 bits per heavy atom. The molecule has 1 amide bonds. The molecule has 148 valence electrons. The molecule has 0 atom stereocenters. The summed E-state index contributed by atoms with van der Waals surface area (Å²) in [6.07, 6.45) is 2.94. The number of ether oxygens (including phenoxy) is 2. The molecule has 0 aromatic heterocycles. The maximum absolute atomic E-state index is 11.7. The number of benzene rings is 2. The van der Waals surface area contributed by atoms with Gasteiger partial charge in [0.05, 0.1) is 6.61 Å². The van der Waals surface area contributed by atoms with Crippen LogP contribution in [0.3, 0.4) is 0 Å². The minimum atomic E-state index is -0.553. The lowest BCUT2D eigenvalue weighted by Crippen LogP contribution is -2.30. The molecule has 0 aliphatic rings. The quantitative estimate of drug-likeness (QED) is 0.355. The van der Waals surface area contributed by atoms with Crippen LogP contribution in [0, 0.1) is 0 Å². The summed E-state index contributed by atoms with van der Waals surface area (Å²) < 4.78 is 10.3. The molecule has 2 aromatic rings. The fourth-order valence-electron chi connectivity index (χ4n) is 2.27. The van der Waals surface area contributed by atoms with E-state index in [4.69, 9.17) is 9.47 Å². The molecule has 0 unspecified atom stereocenters. The zero-order valence-corrected chi connectivity index (χ0v) is 16.7. The van der Waals surface area contributed by atoms with Gasteiger partial charge in [-0.05, 0) is 36.3 Å². The Hall–Kier alpha value is -2.73. The van der Waals surface area contributed by atoms with Crippen molar-refractivity contribution in [3.63, 3.8) is 0 Å². The fourth-order valence-corrected chi connectivity index (χ4v) is 3.09. The van der Waals surface area contributed by atoms with E-state index in [0.29, 0.717) is 13.2 Å². The minimum Gasteiger partial charge on any atom is -0.494 e. The SMILES string of the molecule is CCOc1ccc(/C=C/C(=O)OCC(=O)NCCSCc2ccccc2)cc1. The highest BCUT2D eigenvalue weighted by Gasteiger charge is 2.04. The topological polar surface area (TPSA) is 64.6 Å². The average Bonchev–Trinajstić information content (AvgIpc) is 2.72. The minimum absolute atomic E-state index is 0.282. The smallest absolute Gasteiger partial charge is 0.331 e. The van der Waals surface area contributed by atoms with E-state index in [9.17, 15) is 9.59 Å². The van der Waals surface area contributed by atoms with Gasteiger partial charge in [0, 0.05) is 24.1 Å². The summed E-state index contributed by atoms with van der Waals surface area (Å²) in [4.78, 5) is 23.4. The molecule has 6 heteroatoms. The van der Waals surface area contributed by atoms with E-state index in [-0.39, 0.29) is 12.5 Å². The molecule has 1 N–H and O–H groups in total. The standard InChI is InChI=1S/C22H25NO4S/c1-2-26-20-11-8-18(9-12-20)10-13-22(25)27-16-21(24)23-14-15-28-17-19-6-4-3-5-7-19/h3-13H,2,14-17H2,1H3,(H,23,24)/b13-10+. The van der Waals surface area contributed by atoms with Gasteiger partial charge in [0.2, 0.25) is 0 Å². The van der Waals surface area contributed by atoms with E-state index in [1.54, 1.807) is 17.8 Å². The lowest BCUT2D eigenvalue weighted by Gasteiger charge is -2.05. The molecule has 0 bridgehead atoms. The van der Waals surface area contributed by atoms with Gasteiger partial charge in [-0.3, -0.25) is 4.79 Å². The summed E-state index contributed by atoms with van der Waals surface area (Å²) in [5, 5.41) is 2.74. The predicted molar refractivity (Wildman–Crippen MR) is 113 cm³/mol. The fraction of sp³-hybridized carbons (Fsp3) is 0.273. The molecule has 5 nitrogen and oxygen atoms in total. The number of nitrogens with one attached hydrogen (secondary N) is 1. The first-order valence-corrected chi connectivity index (χ1v) is 10.3. The van der Waals surface area contributed by atoms with Gasteiger partial charge in [-0.25, -0.2) is 4.79 Å². The third kappa shape index (κ3) is 8.77. The van der Waals surface area contributed by atoms with Crippen LogP contribution < -0.4 is 10.1 Å². The van der Waals surface area contributed by atoms with Gasteiger partial charge in [-0.15, -0.1) is 0 Å². The predicted octanol–water partition coefficient (Wildman–Crippen LogP) is 3.69. The van der Waals surface area contributed by atoms with E-state index < -0.39 is 5.97 Å². The highest BCUT2D eigenvalue weighted by Crippen LogP contribution is 2.13. The summed E-state index contributed by atoms with van der Waals surface area (Å²) in [6, 6.07) is 17.5. The third-order valence-electron chi connectivity index (χ3n) is 3.63. The van der Waals surface area contributed by atoms with Gasteiger partial charge in [-0.1, -0.05) is 42.5 Å². The van der Waals surface area contributed by atoms with Crippen LogP contribution in [0.2, 0.25) is 0 Å². The van der Waals surface area contributed by atoms with Crippen LogP contribution in [0.1, 0.15) is 18.1 Å². The van der Waals surface area contributed by atoms with Gasteiger partial charge in [-0.2, -0.15) is 11.8 Å².